The molecule has 0 radical (unpaired) electrons. The summed E-state index contributed by atoms with van der Waals surface area (Å²) < 4.78 is 0. The average molecular weight is 829 g/mol. The molecule has 1 spiro atoms. The topological polar surface area (TPSA) is 134 Å². The molecule has 3 aromatic rings. The molecule has 6 aliphatic rings. The van der Waals surface area contributed by atoms with Gasteiger partial charge in [0.25, 0.3) is 17.7 Å². The van der Waals surface area contributed by atoms with Gasteiger partial charge in [0.15, 0.2) is 0 Å². The number of piperidine rings is 2. The number of amides is 5. The zero-order valence-corrected chi connectivity index (χ0v) is 35.4. The van der Waals surface area contributed by atoms with Crippen LogP contribution >= 0.6 is 11.6 Å². The first kappa shape index (κ1) is 40.4. The molecule has 5 aliphatic heterocycles. The Balaban J connectivity index is 0.712. The van der Waals surface area contributed by atoms with Gasteiger partial charge in [0, 0.05) is 63.0 Å². The van der Waals surface area contributed by atoms with Gasteiger partial charge in [0.05, 0.1) is 21.7 Å². The maximum atomic E-state index is 13.5. The molecule has 5 heterocycles. The van der Waals surface area contributed by atoms with Gasteiger partial charge in [-0.05, 0) is 154 Å². The van der Waals surface area contributed by atoms with E-state index in [9.17, 15) is 29.2 Å². The number of hydrogen-bond donors (Lipinski definition) is 1. The summed E-state index contributed by atoms with van der Waals surface area (Å²) in [7, 11) is 0. The normalized spacial score (nSPS) is 25.8. The summed E-state index contributed by atoms with van der Waals surface area (Å²) in [4.78, 5) is 72.2. The van der Waals surface area contributed by atoms with Crippen molar-refractivity contribution in [1.82, 2.24) is 20.0 Å². The quantitative estimate of drug-likeness (QED) is 0.236. The molecule has 0 bridgehead atoms. The number of carbonyl (C=O) groups is 5. The number of nitrogens with zero attached hydrogens (tertiary/aromatic N) is 5. The lowest BCUT2D eigenvalue weighted by atomic mass is 9.68. The van der Waals surface area contributed by atoms with Crippen molar-refractivity contribution in [1.29, 1.82) is 5.26 Å². The van der Waals surface area contributed by atoms with E-state index < -0.39 is 23.8 Å². The zero-order valence-electron chi connectivity index (χ0n) is 34.6. The van der Waals surface area contributed by atoms with Gasteiger partial charge in [0.2, 0.25) is 11.8 Å². The highest BCUT2D eigenvalue weighted by molar-refractivity contribution is 6.33. The predicted octanol–water partition coefficient (Wildman–Crippen LogP) is 7.20. The SMILES string of the molecule is Cc1c(N2CC3(CCC(CCc4ccc(C(=O)N5CCC(CN6Cc7cc8c(cc7C6)C(=O)N(C6CCC(=O)NC6=O)C8=O)CC5)cc4)CC3)C[C@@H]2C)ccc(C#N)c1Cl. The van der Waals surface area contributed by atoms with Crippen LogP contribution in [0.3, 0.4) is 0 Å². The van der Waals surface area contributed by atoms with Crippen LogP contribution in [0.25, 0.3) is 0 Å². The van der Waals surface area contributed by atoms with Crippen molar-refractivity contribution in [2.45, 2.75) is 110 Å². The van der Waals surface area contributed by atoms with E-state index in [-0.39, 0.29) is 24.7 Å². The monoisotopic (exact) mass is 828 g/mol. The Kier molecular flexibility index (Phi) is 10.8. The van der Waals surface area contributed by atoms with E-state index in [1.54, 1.807) is 0 Å². The predicted molar refractivity (Wildman–Crippen MR) is 227 cm³/mol. The van der Waals surface area contributed by atoms with Crippen LogP contribution in [0.5, 0.6) is 0 Å². The second kappa shape index (κ2) is 16.1. The minimum Gasteiger partial charge on any atom is -0.368 e. The van der Waals surface area contributed by atoms with Crippen molar-refractivity contribution >= 4 is 46.8 Å². The highest BCUT2D eigenvalue weighted by Gasteiger charge is 2.46. The first-order valence-corrected chi connectivity index (χ1v) is 22.2. The lowest BCUT2D eigenvalue weighted by Crippen LogP contribution is -2.54. The number of nitriles is 1. The molecular weight excluding hydrogens is 776 g/mol. The van der Waals surface area contributed by atoms with Crippen LogP contribution in [0, 0.1) is 35.5 Å². The molecule has 60 heavy (non-hydrogen) atoms. The third-order valence-corrected chi connectivity index (χ3v) is 15.2. The van der Waals surface area contributed by atoms with E-state index in [4.69, 9.17) is 11.6 Å². The van der Waals surface area contributed by atoms with Crippen molar-refractivity contribution in [2.75, 3.05) is 31.1 Å². The van der Waals surface area contributed by atoms with Crippen molar-refractivity contribution in [3.8, 4) is 6.07 Å². The van der Waals surface area contributed by atoms with E-state index in [2.05, 4.69) is 46.3 Å². The second-order valence-corrected chi connectivity index (χ2v) is 18.9. The molecule has 3 aromatic carbocycles. The molecule has 1 unspecified atom stereocenters. The molecule has 11 nitrogen and oxygen atoms in total. The highest BCUT2D eigenvalue weighted by atomic mass is 35.5. The van der Waals surface area contributed by atoms with E-state index in [0.29, 0.717) is 52.2 Å². The second-order valence-electron chi connectivity index (χ2n) is 18.6. The molecule has 1 saturated carbocycles. The smallest absolute Gasteiger partial charge is 0.262 e. The first-order valence-electron chi connectivity index (χ1n) is 21.8. The van der Waals surface area contributed by atoms with Crippen LogP contribution in [0.4, 0.5) is 5.69 Å². The average Bonchev–Trinajstić information content (AvgIpc) is 3.87. The number of benzene rings is 3. The Morgan fingerprint density at radius 2 is 1.57 bits per heavy atom. The van der Waals surface area contributed by atoms with Crippen LogP contribution in [-0.4, -0.2) is 82.5 Å². The van der Waals surface area contributed by atoms with E-state index >= 15 is 0 Å². The summed E-state index contributed by atoms with van der Waals surface area (Å²) in [6, 6.07) is 17.5. The summed E-state index contributed by atoms with van der Waals surface area (Å²) in [5, 5.41) is 12.2. The van der Waals surface area contributed by atoms with Gasteiger partial charge in [0.1, 0.15) is 12.1 Å². The minimum atomic E-state index is -0.964. The van der Waals surface area contributed by atoms with E-state index in [1.165, 1.54) is 44.1 Å². The molecule has 1 aliphatic carbocycles. The highest BCUT2D eigenvalue weighted by Crippen LogP contribution is 2.50. The van der Waals surface area contributed by atoms with Gasteiger partial charge in [-0.25, -0.2) is 0 Å². The van der Waals surface area contributed by atoms with Gasteiger partial charge >= 0.3 is 0 Å². The number of halogens is 1. The number of carbonyl (C=O) groups excluding carboxylic acids is 5. The Morgan fingerprint density at radius 1 is 0.900 bits per heavy atom. The van der Waals surface area contributed by atoms with Gasteiger partial charge in [-0.1, -0.05) is 23.7 Å². The van der Waals surface area contributed by atoms with Crippen LogP contribution in [0.1, 0.15) is 130 Å². The van der Waals surface area contributed by atoms with E-state index in [0.717, 1.165) is 84.2 Å². The molecule has 1 N–H and O–H groups in total. The molecular formula is C48H53ClN6O5. The molecule has 3 saturated heterocycles. The minimum absolute atomic E-state index is 0.0966. The number of fused-ring (bicyclic) bond motifs is 2. The summed E-state index contributed by atoms with van der Waals surface area (Å²) in [6.07, 6.45) is 10.5. The van der Waals surface area contributed by atoms with Crippen LogP contribution in [0.2, 0.25) is 5.02 Å². The Morgan fingerprint density at radius 3 is 2.20 bits per heavy atom. The first-order chi connectivity index (χ1) is 28.9. The maximum Gasteiger partial charge on any atom is 0.262 e. The molecule has 12 heteroatoms. The number of likely N-dealkylation sites (tertiary alicyclic amines) is 1. The van der Waals surface area contributed by atoms with Crippen molar-refractivity contribution < 1.29 is 24.0 Å². The van der Waals surface area contributed by atoms with Gasteiger partial charge in [-0.15, -0.1) is 0 Å². The van der Waals surface area contributed by atoms with Crippen LogP contribution in [0.15, 0.2) is 48.5 Å². The lowest BCUT2D eigenvalue weighted by molar-refractivity contribution is -0.136. The third-order valence-electron chi connectivity index (χ3n) is 14.7. The molecule has 9 rings (SSSR count). The molecule has 4 fully saturated rings. The fraction of sp³-hybridized carbons (Fsp3) is 0.500. The van der Waals surface area contributed by atoms with Gasteiger partial charge in [-0.3, -0.25) is 39.1 Å². The number of imide groups is 2. The fourth-order valence-electron chi connectivity index (χ4n) is 11.3. The summed E-state index contributed by atoms with van der Waals surface area (Å²) >= 11 is 6.55. The van der Waals surface area contributed by atoms with Gasteiger partial charge in [-0.2, -0.15) is 5.26 Å². The van der Waals surface area contributed by atoms with E-state index in [1.807, 2.05) is 42.2 Å². The van der Waals surface area contributed by atoms with Crippen molar-refractivity contribution in [3.05, 3.63) is 98.1 Å². The van der Waals surface area contributed by atoms with Crippen molar-refractivity contribution in [3.63, 3.8) is 0 Å². The summed E-state index contributed by atoms with van der Waals surface area (Å²) in [5.74, 6) is -0.670. The Bertz CT molecular complexity index is 2260. The Hall–Kier alpha value is -5.05. The van der Waals surface area contributed by atoms with Crippen LogP contribution in [-0.2, 0) is 29.1 Å². The molecule has 5 amide bonds. The Labute approximate surface area is 357 Å². The largest absolute Gasteiger partial charge is 0.368 e. The molecule has 312 valence electrons. The molecule has 2 atom stereocenters. The van der Waals surface area contributed by atoms with Gasteiger partial charge < -0.3 is 9.80 Å². The number of aryl methyl sites for hydroxylation is 1. The maximum absolute atomic E-state index is 13.5. The van der Waals surface area contributed by atoms with Crippen LogP contribution < -0.4 is 10.2 Å². The standard InChI is InChI=1S/C48H53ClN6O5/c1-29-23-48(28-54(29)40-10-9-35(24-50)43(49)30(40)2)17-13-32(14-18-48)4-3-31-5-7-34(8-6-31)45(58)53-19-15-33(16-20-53)25-52-26-36-21-38-39(22-37(36)27-52)47(60)55(46(38)59)41-11-12-42(56)51-44(41)57/h5-10,21-22,29,32-33,41H,3-4,11-20,23,25-28H2,1-2H3,(H,51,56,57)/t29-,32?,41?,48?/m0/s1. The summed E-state index contributed by atoms with van der Waals surface area (Å²) in [5.41, 5.74) is 7.80. The fourth-order valence-corrected chi connectivity index (χ4v) is 11.5. The number of nitrogens with one attached hydrogen (secondary N) is 1. The number of hydrogen-bond acceptors (Lipinski definition) is 8. The lowest BCUT2D eigenvalue weighted by Gasteiger charge is -2.37. The van der Waals surface area contributed by atoms with Crippen molar-refractivity contribution in [2.24, 2.45) is 17.3 Å². The number of rotatable bonds is 8. The summed E-state index contributed by atoms with van der Waals surface area (Å²) in [6.45, 7) is 9.10. The third kappa shape index (κ3) is 7.51. The molecule has 0 aromatic heterocycles. The zero-order chi connectivity index (χ0) is 41.9. The number of anilines is 1.